The van der Waals surface area contributed by atoms with Crippen molar-refractivity contribution in [2.24, 2.45) is 0 Å². The average molecular weight is 371 g/mol. The van der Waals surface area contributed by atoms with Crippen molar-refractivity contribution in [3.8, 4) is 0 Å². The van der Waals surface area contributed by atoms with Gasteiger partial charge in [-0.15, -0.1) is 0 Å². The van der Waals surface area contributed by atoms with E-state index in [-0.39, 0.29) is 11.8 Å². The maximum Gasteiger partial charge on any atom is 0.257 e. The number of carbonyl (C=O) groups excluding carboxylic acids is 2. The number of benzene rings is 2. The molecule has 4 nitrogen and oxygen atoms in total. The predicted octanol–water partition coefficient (Wildman–Crippen LogP) is 5.21. The summed E-state index contributed by atoms with van der Waals surface area (Å²) in [6.07, 6.45) is 0. The first kappa shape index (κ1) is 17.2. The van der Waals surface area contributed by atoms with E-state index in [1.807, 2.05) is 18.4 Å². The van der Waals surface area contributed by atoms with Crippen molar-refractivity contribution in [3.05, 3.63) is 81.0 Å². The molecule has 25 heavy (non-hydrogen) atoms. The van der Waals surface area contributed by atoms with E-state index in [0.717, 1.165) is 5.56 Å². The monoisotopic (exact) mass is 370 g/mol. The number of halogens is 1. The Kier molecular flexibility index (Phi) is 5.16. The minimum Gasteiger partial charge on any atom is -0.322 e. The average Bonchev–Trinajstić information content (AvgIpc) is 3.13. The molecule has 0 saturated heterocycles. The Hall–Kier alpha value is -2.63. The van der Waals surface area contributed by atoms with Gasteiger partial charge in [0.15, 0.2) is 0 Å². The lowest BCUT2D eigenvalue weighted by atomic mass is 10.1. The van der Waals surface area contributed by atoms with Crippen LogP contribution in [-0.4, -0.2) is 11.8 Å². The van der Waals surface area contributed by atoms with Crippen LogP contribution in [0.2, 0.25) is 5.02 Å². The zero-order valence-corrected chi connectivity index (χ0v) is 14.9. The van der Waals surface area contributed by atoms with Crippen LogP contribution in [0.3, 0.4) is 0 Å². The lowest BCUT2D eigenvalue weighted by molar-refractivity contribution is 0.102. The highest BCUT2D eigenvalue weighted by Crippen LogP contribution is 2.22. The van der Waals surface area contributed by atoms with Crippen LogP contribution in [0.25, 0.3) is 0 Å². The zero-order chi connectivity index (χ0) is 17.8. The van der Waals surface area contributed by atoms with Crippen LogP contribution in [0.15, 0.2) is 59.3 Å². The molecule has 1 heterocycles. The van der Waals surface area contributed by atoms with Gasteiger partial charge in [0.25, 0.3) is 11.8 Å². The molecular weight excluding hydrogens is 356 g/mol. The molecule has 0 aliphatic rings. The summed E-state index contributed by atoms with van der Waals surface area (Å²) in [4.78, 5) is 24.8. The van der Waals surface area contributed by atoms with Crippen LogP contribution in [0.5, 0.6) is 0 Å². The number of para-hydroxylation sites is 1. The quantitative estimate of drug-likeness (QED) is 0.661. The first-order valence-electron chi connectivity index (χ1n) is 7.54. The van der Waals surface area contributed by atoms with E-state index in [9.17, 15) is 9.59 Å². The third kappa shape index (κ3) is 4.07. The number of carbonyl (C=O) groups is 2. The molecular formula is C19H15ClN2O2S. The Morgan fingerprint density at radius 1 is 1.00 bits per heavy atom. The van der Waals surface area contributed by atoms with Gasteiger partial charge in [0, 0.05) is 16.1 Å². The second-order valence-corrected chi connectivity index (χ2v) is 6.62. The number of thiophene rings is 1. The van der Waals surface area contributed by atoms with Gasteiger partial charge in [0.05, 0.1) is 16.8 Å². The van der Waals surface area contributed by atoms with Gasteiger partial charge in [-0.2, -0.15) is 11.3 Å². The molecule has 0 spiro atoms. The lowest BCUT2D eigenvalue weighted by Crippen LogP contribution is -2.18. The number of anilines is 2. The molecule has 2 aromatic carbocycles. The number of amides is 2. The molecule has 0 aliphatic heterocycles. The highest BCUT2D eigenvalue weighted by molar-refractivity contribution is 7.08. The maximum absolute atomic E-state index is 12.6. The molecule has 3 aromatic rings. The molecule has 3 rings (SSSR count). The summed E-state index contributed by atoms with van der Waals surface area (Å²) in [6.45, 7) is 1.89. The number of rotatable bonds is 4. The molecule has 2 N–H and O–H groups in total. The van der Waals surface area contributed by atoms with Gasteiger partial charge in [0.2, 0.25) is 0 Å². The van der Waals surface area contributed by atoms with Crippen molar-refractivity contribution in [3.63, 3.8) is 0 Å². The van der Waals surface area contributed by atoms with E-state index >= 15 is 0 Å². The molecule has 2 amide bonds. The van der Waals surface area contributed by atoms with Crippen LogP contribution < -0.4 is 10.6 Å². The Labute approximate surface area is 154 Å². The second kappa shape index (κ2) is 7.51. The highest BCUT2D eigenvalue weighted by Gasteiger charge is 2.14. The van der Waals surface area contributed by atoms with E-state index in [2.05, 4.69) is 10.6 Å². The standard InChI is InChI=1S/C19H15ClN2O2S/c1-12-6-7-14(10-16(12)20)21-19(24)15-4-2-3-5-17(15)22-18(23)13-8-9-25-11-13/h2-11H,1H3,(H,21,24)(H,22,23). The third-order valence-electron chi connectivity index (χ3n) is 3.63. The zero-order valence-electron chi connectivity index (χ0n) is 13.4. The summed E-state index contributed by atoms with van der Waals surface area (Å²) in [6, 6.07) is 13.9. The fraction of sp³-hybridized carbons (Fsp3) is 0.0526. The largest absolute Gasteiger partial charge is 0.322 e. The Bertz CT molecular complexity index is 923. The summed E-state index contributed by atoms with van der Waals surface area (Å²) in [5.41, 5.74) is 2.92. The second-order valence-electron chi connectivity index (χ2n) is 5.43. The van der Waals surface area contributed by atoms with Crippen molar-refractivity contribution in [1.29, 1.82) is 0 Å². The summed E-state index contributed by atoms with van der Waals surface area (Å²) in [7, 11) is 0. The summed E-state index contributed by atoms with van der Waals surface area (Å²) >= 11 is 7.53. The van der Waals surface area contributed by atoms with E-state index < -0.39 is 0 Å². The van der Waals surface area contributed by atoms with Crippen LogP contribution in [-0.2, 0) is 0 Å². The molecule has 0 bridgehead atoms. The van der Waals surface area contributed by atoms with E-state index in [1.54, 1.807) is 47.8 Å². The summed E-state index contributed by atoms with van der Waals surface area (Å²) in [5.74, 6) is -0.569. The summed E-state index contributed by atoms with van der Waals surface area (Å²) < 4.78 is 0. The van der Waals surface area contributed by atoms with E-state index in [4.69, 9.17) is 11.6 Å². The van der Waals surface area contributed by atoms with E-state index in [0.29, 0.717) is 27.5 Å². The van der Waals surface area contributed by atoms with Crippen LogP contribution in [0.1, 0.15) is 26.3 Å². The Morgan fingerprint density at radius 2 is 1.80 bits per heavy atom. The van der Waals surface area contributed by atoms with Crippen molar-refractivity contribution < 1.29 is 9.59 Å². The fourth-order valence-electron chi connectivity index (χ4n) is 2.25. The topological polar surface area (TPSA) is 58.2 Å². The number of aryl methyl sites for hydroxylation is 1. The van der Waals surface area contributed by atoms with Crippen molar-refractivity contribution in [2.75, 3.05) is 10.6 Å². The lowest BCUT2D eigenvalue weighted by Gasteiger charge is -2.11. The van der Waals surface area contributed by atoms with E-state index in [1.165, 1.54) is 11.3 Å². The van der Waals surface area contributed by atoms with Crippen molar-refractivity contribution in [1.82, 2.24) is 0 Å². The normalized spacial score (nSPS) is 10.3. The van der Waals surface area contributed by atoms with Gasteiger partial charge >= 0.3 is 0 Å². The minimum absolute atomic E-state index is 0.250. The van der Waals surface area contributed by atoms with Crippen LogP contribution >= 0.6 is 22.9 Å². The van der Waals surface area contributed by atoms with Gasteiger partial charge in [-0.25, -0.2) is 0 Å². The molecule has 0 unspecified atom stereocenters. The Balaban J connectivity index is 1.81. The molecule has 1 aromatic heterocycles. The van der Waals surface area contributed by atoms with Gasteiger partial charge in [0.1, 0.15) is 0 Å². The van der Waals surface area contributed by atoms with Crippen LogP contribution in [0.4, 0.5) is 11.4 Å². The van der Waals surface area contributed by atoms with Gasteiger partial charge < -0.3 is 10.6 Å². The maximum atomic E-state index is 12.6. The number of hydrogen-bond acceptors (Lipinski definition) is 3. The van der Waals surface area contributed by atoms with Crippen LogP contribution in [0, 0.1) is 6.92 Å². The molecule has 0 aliphatic carbocycles. The first-order valence-corrected chi connectivity index (χ1v) is 8.87. The van der Waals surface area contributed by atoms with Gasteiger partial charge in [-0.05, 0) is 48.2 Å². The predicted molar refractivity (Wildman–Crippen MR) is 103 cm³/mol. The Morgan fingerprint density at radius 3 is 2.52 bits per heavy atom. The fourth-order valence-corrected chi connectivity index (χ4v) is 3.06. The molecule has 0 saturated carbocycles. The molecule has 0 atom stereocenters. The summed E-state index contributed by atoms with van der Waals surface area (Å²) in [5, 5.41) is 9.75. The molecule has 0 radical (unpaired) electrons. The molecule has 6 heteroatoms. The smallest absolute Gasteiger partial charge is 0.257 e. The highest BCUT2D eigenvalue weighted by atomic mass is 35.5. The third-order valence-corrected chi connectivity index (χ3v) is 4.72. The van der Waals surface area contributed by atoms with Crippen molar-refractivity contribution in [2.45, 2.75) is 6.92 Å². The SMILES string of the molecule is Cc1ccc(NC(=O)c2ccccc2NC(=O)c2ccsc2)cc1Cl. The molecule has 0 fully saturated rings. The van der Waals surface area contributed by atoms with Crippen molar-refractivity contribution >= 4 is 46.1 Å². The number of hydrogen-bond donors (Lipinski definition) is 2. The first-order chi connectivity index (χ1) is 12.0. The number of nitrogens with one attached hydrogen (secondary N) is 2. The molecule has 126 valence electrons. The van der Waals surface area contributed by atoms with Gasteiger partial charge in [-0.3, -0.25) is 9.59 Å². The van der Waals surface area contributed by atoms with Gasteiger partial charge in [-0.1, -0.05) is 29.8 Å². The minimum atomic E-state index is -0.318.